The first kappa shape index (κ1) is 14.8. The number of rotatable bonds is 5. The van der Waals surface area contributed by atoms with Crippen LogP contribution in [0.15, 0.2) is 22.7 Å². The summed E-state index contributed by atoms with van der Waals surface area (Å²) in [6.45, 7) is 5.97. The van der Waals surface area contributed by atoms with E-state index in [1.807, 2.05) is 13.8 Å². The molecule has 0 unspecified atom stereocenters. The summed E-state index contributed by atoms with van der Waals surface area (Å²) < 4.78 is 10.5. The Kier molecular flexibility index (Phi) is 4.11. The predicted molar refractivity (Wildman–Crippen MR) is 78.3 cm³/mol. The van der Waals surface area contributed by atoms with E-state index in [-0.39, 0.29) is 23.2 Å². The maximum absolute atomic E-state index is 11.2. The average molecular weight is 291 g/mol. The number of ether oxygens (including phenoxy) is 1. The van der Waals surface area contributed by atoms with Crippen LogP contribution in [0.25, 0.3) is 11.3 Å². The lowest BCUT2D eigenvalue weighted by atomic mass is 9.98. The number of aromatic nitrogens is 1. The number of nitrogens with zero attached hydrogens (tertiary/aromatic N) is 2. The molecule has 0 saturated carbocycles. The molecule has 0 aliphatic heterocycles. The van der Waals surface area contributed by atoms with Gasteiger partial charge in [-0.25, -0.2) is 0 Å². The second-order valence-corrected chi connectivity index (χ2v) is 4.81. The highest BCUT2D eigenvalue weighted by Crippen LogP contribution is 2.41. The highest BCUT2D eigenvalue weighted by molar-refractivity contribution is 5.77. The number of para-hydroxylation sites is 1. The highest BCUT2D eigenvalue weighted by Gasteiger charge is 2.26. The minimum absolute atomic E-state index is 0.0694. The molecule has 0 atom stereocenters. The standard InChI is InChI=1S/C14H17N3O4/c1-4-20-13-9(6-5-7-10(13)17(18)19)12-11(8(2)3)14(15)21-16-12/h5-8H,4,15H2,1-3H3. The lowest BCUT2D eigenvalue weighted by molar-refractivity contribution is -0.385. The van der Waals surface area contributed by atoms with Crippen LogP contribution in [0.2, 0.25) is 0 Å². The Balaban J connectivity index is 2.69. The summed E-state index contributed by atoms with van der Waals surface area (Å²) in [7, 11) is 0. The van der Waals surface area contributed by atoms with Gasteiger partial charge in [0.1, 0.15) is 5.69 Å². The fourth-order valence-corrected chi connectivity index (χ4v) is 2.21. The Bertz CT molecular complexity index is 664. The fraction of sp³-hybridized carbons (Fsp3) is 0.357. The van der Waals surface area contributed by atoms with Crippen LogP contribution < -0.4 is 10.5 Å². The Hall–Kier alpha value is -2.57. The van der Waals surface area contributed by atoms with Gasteiger partial charge in [-0.05, 0) is 18.9 Å². The van der Waals surface area contributed by atoms with E-state index in [0.717, 1.165) is 5.56 Å². The molecular weight excluding hydrogens is 274 g/mol. The number of benzene rings is 1. The van der Waals surface area contributed by atoms with Gasteiger partial charge in [0.25, 0.3) is 0 Å². The number of hydrogen-bond acceptors (Lipinski definition) is 6. The third kappa shape index (κ3) is 2.67. The van der Waals surface area contributed by atoms with Crippen molar-refractivity contribution in [1.29, 1.82) is 0 Å². The molecule has 0 aliphatic carbocycles. The molecule has 0 radical (unpaired) electrons. The number of anilines is 1. The summed E-state index contributed by atoms with van der Waals surface area (Å²) in [5.74, 6) is 0.467. The van der Waals surface area contributed by atoms with Crippen LogP contribution >= 0.6 is 0 Å². The zero-order chi connectivity index (χ0) is 15.6. The minimum atomic E-state index is -0.479. The topological polar surface area (TPSA) is 104 Å². The molecule has 2 rings (SSSR count). The van der Waals surface area contributed by atoms with Crippen LogP contribution in [0.5, 0.6) is 5.75 Å². The number of nitro groups is 1. The summed E-state index contributed by atoms with van der Waals surface area (Å²) in [5.41, 5.74) is 7.40. The second-order valence-electron chi connectivity index (χ2n) is 4.81. The van der Waals surface area contributed by atoms with E-state index in [1.165, 1.54) is 6.07 Å². The van der Waals surface area contributed by atoms with E-state index >= 15 is 0 Å². The van der Waals surface area contributed by atoms with Crippen molar-refractivity contribution in [3.63, 3.8) is 0 Å². The van der Waals surface area contributed by atoms with Crippen LogP contribution in [0.1, 0.15) is 32.3 Å². The van der Waals surface area contributed by atoms with Crippen molar-refractivity contribution < 1.29 is 14.2 Å². The zero-order valence-electron chi connectivity index (χ0n) is 12.1. The summed E-state index contributed by atoms with van der Waals surface area (Å²) in [4.78, 5) is 10.7. The van der Waals surface area contributed by atoms with Crippen molar-refractivity contribution in [3.05, 3.63) is 33.9 Å². The number of nitrogen functional groups attached to an aromatic ring is 1. The molecule has 7 nitrogen and oxygen atoms in total. The van der Waals surface area contributed by atoms with Crippen molar-refractivity contribution in [2.24, 2.45) is 0 Å². The molecule has 1 aromatic carbocycles. The molecule has 2 aromatic rings. The normalized spacial score (nSPS) is 10.9. The van der Waals surface area contributed by atoms with E-state index in [2.05, 4.69) is 5.16 Å². The van der Waals surface area contributed by atoms with Crippen LogP contribution in [0.4, 0.5) is 11.6 Å². The lowest BCUT2D eigenvalue weighted by Gasteiger charge is -2.11. The van der Waals surface area contributed by atoms with Gasteiger partial charge in [0, 0.05) is 11.6 Å². The van der Waals surface area contributed by atoms with Gasteiger partial charge < -0.3 is 15.0 Å². The summed E-state index contributed by atoms with van der Waals surface area (Å²) >= 11 is 0. The van der Waals surface area contributed by atoms with E-state index < -0.39 is 4.92 Å². The Morgan fingerprint density at radius 1 is 1.48 bits per heavy atom. The third-order valence-electron chi connectivity index (χ3n) is 3.07. The molecule has 1 heterocycles. The van der Waals surface area contributed by atoms with E-state index in [0.29, 0.717) is 17.9 Å². The second kappa shape index (κ2) is 5.82. The first-order valence-electron chi connectivity index (χ1n) is 6.63. The van der Waals surface area contributed by atoms with Crippen molar-refractivity contribution in [2.75, 3.05) is 12.3 Å². The van der Waals surface area contributed by atoms with Crippen LogP contribution in [-0.4, -0.2) is 16.7 Å². The van der Waals surface area contributed by atoms with Gasteiger partial charge in [0.2, 0.25) is 11.6 Å². The molecule has 0 aliphatic rings. The van der Waals surface area contributed by atoms with Gasteiger partial charge in [0.15, 0.2) is 0 Å². The molecule has 0 fully saturated rings. The number of hydrogen-bond donors (Lipinski definition) is 1. The Morgan fingerprint density at radius 3 is 2.76 bits per heavy atom. The monoisotopic (exact) mass is 291 g/mol. The van der Waals surface area contributed by atoms with Crippen LogP contribution in [0.3, 0.4) is 0 Å². The first-order chi connectivity index (χ1) is 9.97. The minimum Gasteiger partial charge on any atom is -0.487 e. The maximum Gasteiger partial charge on any atom is 0.311 e. The smallest absolute Gasteiger partial charge is 0.311 e. The van der Waals surface area contributed by atoms with Gasteiger partial charge in [-0.2, -0.15) is 0 Å². The van der Waals surface area contributed by atoms with Gasteiger partial charge >= 0.3 is 5.69 Å². The largest absolute Gasteiger partial charge is 0.487 e. The summed E-state index contributed by atoms with van der Waals surface area (Å²) in [6.07, 6.45) is 0. The van der Waals surface area contributed by atoms with E-state index in [4.69, 9.17) is 15.0 Å². The highest BCUT2D eigenvalue weighted by atomic mass is 16.6. The molecule has 1 aromatic heterocycles. The maximum atomic E-state index is 11.2. The van der Waals surface area contributed by atoms with Crippen molar-refractivity contribution in [3.8, 4) is 17.0 Å². The summed E-state index contributed by atoms with van der Waals surface area (Å²) in [5, 5.41) is 15.1. The first-order valence-corrected chi connectivity index (χ1v) is 6.63. The lowest BCUT2D eigenvalue weighted by Crippen LogP contribution is -2.01. The Labute approximate surface area is 121 Å². The molecule has 112 valence electrons. The molecule has 21 heavy (non-hydrogen) atoms. The number of nitro benzene ring substituents is 1. The van der Waals surface area contributed by atoms with Crippen LogP contribution in [0, 0.1) is 10.1 Å². The predicted octanol–water partition coefficient (Wildman–Crippen LogP) is 3.35. The quantitative estimate of drug-likeness (QED) is 0.669. The molecule has 2 N–H and O–H groups in total. The average Bonchev–Trinajstić information content (AvgIpc) is 2.81. The number of nitrogens with two attached hydrogens (primary N) is 1. The SMILES string of the molecule is CCOc1c(-c2noc(N)c2C(C)C)cccc1[N+](=O)[O-]. The van der Waals surface area contributed by atoms with E-state index in [1.54, 1.807) is 19.1 Å². The van der Waals surface area contributed by atoms with Crippen molar-refractivity contribution in [1.82, 2.24) is 5.16 Å². The van der Waals surface area contributed by atoms with Crippen molar-refractivity contribution >= 4 is 11.6 Å². The molecule has 7 heteroatoms. The third-order valence-corrected chi connectivity index (χ3v) is 3.07. The van der Waals surface area contributed by atoms with Gasteiger partial charge in [-0.3, -0.25) is 10.1 Å². The molecule has 0 bridgehead atoms. The van der Waals surface area contributed by atoms with E-state index in [9.17, 15) is 10.1 Å². The van der Waals surface area contributed by atoms with Gasteiger partial charge in [0.05, 0.1) is 17.1 Å². The van der Waals surface area contributed by atoms with Gasteiger partial charge in [-0.1, -0.05) is 25.1 Å². The molecule has 0 spiro atoms. The summed E-state index contributed by atoms with van der Waals surface area (Å²) in [6, 6.07) is 4.69. The molecule has 0 saturated heterocycles. The molecule has 0 amide bonds. The zero-order valence-corrected chi connectivity index (χ0v) is 12.1. The fourth-order valence-electron chi connectivity index (χ4n) is 2.21. The van der Waals surface area contributed by atoms with Crippen molar-refractivity contribution in [2.45, 2.75) is 26.7 Å². The van der Waals surface area contributed by atoms with Gasteiger partial charge in [-0.15, -0.1) is 0 Å². The Morgan fingerprint density at radius 2 is 2.19 bits per heavy atom. The molecular formula is C14H17N3O4. The van der Waals surface area contributed by atoms with Crippen LogP contribution in [-0.2, 0) is 0 Å².